The summed E-state index contributed by atoms with van der Waals surface area (Å²) >= 11 is 0. The molecule has 0 aromatic rings. The van der Waals surface area contributed by atoms with Gasteiger partial charge in [0.05, 0.1) is 0 Å². The van der Waals surface area contributed by atoms with Crippen LogP contribution in [0.25, 0.3) is 0 Å². The fraction of sp³-hybridized carbons (Fsp3) is 0.926. The second-order valence-electron chi connectivity index (χ2n) is 9.33. The van der Waals surface area contributed by atoms with Crippen LogP contribution in [-0.2, 0) is 9.59 Å². The second kappa shape index (κ2) is 27.9. The molecule has 0 fully saturated rings. The van der Waals surface area contributed by atoms with Crippen molar-refractivity contribution < 1.29 is 14.7 Å². The molecule has 0 heterocycles. The first-order valence-corrected chi connectivity index (χ1v) is 13.6. The summed E-state index contributed by atoms with van der Waals surface area (Å²) in [5, 5.41) is 8.56. The first-order valence-electron chi connectivity index (χ1n) is 13.6. The fourth-order valence-electron chi connectivity index (χ4n) is 3.70. The molecule has 0 aromatic heterocycles. The molecule has 5 nitrogen and oxygen atoms in total. The van der Waals surface area contributed by atoms with Crippen LogP contribution in [0.4, 0.5) is 0 Å². The van der Waals surface area contributed by atoms with Gasteiger partial charge in [-0.1, -0.05) is 122 Å². The molecular formula is C27H56N2O3. The van der Waals surface area contributed by atoms with Gasteiger partial charge in [0.15, 0.2) is 0 Å². The monoisotopic (exact) mass is 456 g/mol. The van der Waals surface area contributed by atoms with Crippen LogP contribution in [0.5, 0.6) is 0 Å². The molecule has 0 rings (SSSR count). The number of nitrogens with two attached hydrogens (primary N) is 1. The van der Waals surface area contributed by atoms with Crippen molar-refractivity contribution in [1.29, 1.82) is 0 Å². The summed E-state index contributed by atoms with van der Waals surface area (Å²) in [7, 11) is 3.44. The van der Waals surface area contributed by atoms with Crippen LogP contribution in [0.2, 0.25) is 0 Å². The standard InChI is InChI=1S/C22H44O2.C5H12N2O/c1-2-3-4-5-6-7-8-9-10-11-12-13-14-15-16-17-18-19-20-21-22(23)24;1-7(2)5(8)3-4-6/h2-21H2,1H3,(H,23,24);3-4,6H2,1-2H3. The summed E-state index contributed by atoms with van der Waals surface area (Å²) in [4.78, 5) is 22.5. The van der Waals surface area contributed by atoms with Crippen molar-refractivity contribution in [1.82, 2.24) is 4.90 Å². The Balaban J connectivity index is 0. The maximum absolute atomic E-state index is 10.6. The van der Waals surface area contributed by atoms with Crippen LogP contribution in [0.15, 0.2) is 0 Å². The van der Waals surface area contributed by atoms with Gasteiger partial charge in [-0.3, -0.25) is 9.59 Å². The van der Waals surface area contributed by atoms with E-state index in [0.29, 0.717) is 19.4 Å². The summed E-state index contributed by atoms with van der Waals surface area (Å²) in [6, 6.07) is 0. The molecule has 0 saturated carbocycles. The minimum Gasteiger partial charge on any atom is -0.481 e. The van der Waals surface area contributed by atoms with Crippen LogP contribution >= 0.6 is 0 Å². The van der Waals surface area contributed by atoms with Crippen LogP contribution in [-0.4, -0.2) is 42.5 Å². The molecule has 5 heteroatoms. The van der Waals surface area contributed by atoms with E-state index < -0.39 is 5.97 Å². The van der Waals surface area contributed by atoms with Crippen molar-refractivity contribution >= 4 is 11.9 Å². The van der Waals surface area contributed by atoms with E-state index in [1.807, 2.05) is 0 Å². The lowest BCUT2D eigenvalue weighted by molar-refractivity contribution is -0.137. The Morgan fingerprint density at radius 3 is 1.12 bits per heavy atom. The molecule has 0 atom stereocenters. The number of amides is 1. The van der Waals surface area contributed by atoms with Crippen LogP contribution < -0.4 is 5.73 Å². The molecule has 1 amide bonds. The van der Waals surface area contributed by atoms with Crippen molar-refractivity contribution in [2.75, 3.05) is 20.6 Å². The molecule has 0 radical (unpaired) electrons. The molecule has 0 aliphatic rings. The number of carbonyl (C=O) groups excluding carboxylic acids is 1. The van der Waals surface area contributed by atoms with E-state index >= 15 is 0 Å². The van der Waals surface area contributed by atoms with Gasteiger partial charge in [-0.2, -0.15) is 0 Å². The maximum Gasteiger partial charge on any atom is 0.303 e. The molecule has 0 aromatic carbocycles. The molecule has 0 bridgehead atoms. The largest absolute Gasteiger partial charge is 0.481 e. The number of carboxylic acid groups (broad SMARTS) is 1. The zero-order valence-corrected chi connectivity index (χ0v) is 21.8. The number of hydrogen-bond acceptors (Lipinski definition) is 3. The van der Waals surface area contributed by atoms with Gasteiger partial charge >= 0.3 is 5.97 Å². The van der Waals surface area contributed by atoms with E-state index in [9.17, 15) is 9.59 Å². The SMILES string of the molecule is CCCCCCCCCCCCCCCCCCCCCC(=O)O.CN(C)C(=O)CCN. The molecule has 0 aliphatic heterocycles. The van der Waals surface area contributed by atoms with E-state index in [4.69, 9.17) is 10.8 Å². The third kappa shape index (κ3) is 31.1. The Kier molecular flexibility index (Phi) is 28.9. The third-order valence-electron chi connectivity index (χ3n) is 5.85. The normalized spacial score (nSPS) is 10.5. The van der Waals surface area contributed by atoms with Gasteiger partial charge in [-0.05, 0) is 6.42 Å². The van der Waals surface area contributed by atoms with Crippen LogP contribution in [0, 0.1) is 0 Å². The van der Waals surface area contributed by atoms with Gasteiger partial charge in [0.1, 0.15) is 0 Å². The molecule has 192 valence electrons. The lowest BCUT2D eigenvalue weighted by Gasteiger charge is -2.07. The van der Waals surface area contributed by atoms with Crippen molar-refractivity contribution in [3.63, 3.8) is 0 Å². The summed E-state index contributed by atoms with van der Waals surface area (Å²) in [5.74, 6) is -0.561. The van der Waals surface area contributed by atoms with E-state index in [-0.39, 0.29) is 5.91 Å². The second-order valence-corrected chi connectivity index (χ2v) is 9.33. The highest BCUT2D eigenvalue weighted by molar-refractivity contribution is 5.75. The summed E-state index contributed by atoms with van der Waals surface area (Å²) in [5.41, 5.74) is 5.12. The zero-order chi connectivity index (χ0) is 24.3. The number of carboxylic acids is 1. The van der Waals surface area contributed by atoms with Gasteiger partial charge in [-0.25, -0.2) is 0 Å². The van der Waals surface area contributed by atoms with Crippen molar-refractivity contribution in [3.05, 3.63) is 0 Å². The molecule has 0 aliphatic carbocycles. The van der Waals surface area contributed by atoms with E-state index in [1.54, 1.807) is 14.1 Å². The van der Waals surface area contributed by atoms with Gasteiger partial charge in [0.2, 0.25) is 5.91 Å². The van der Waals surface area contributed by atoms with Crippen LogP contribution in [0.3, 0.4) is 0 Å². The minimum atomic E-state index is -0.651. The third-order valence-corrected chi connectivity index (χ3v) is 5.85. The summed E-state index contributed by atoms with van der Waals surface area (Å²) in [6.07, 6.45) is 26.5. The fourth-order valence-corrected chi connectivity index (χ4v) is 3.70. The van der Waals surface area contributed by atoms with E-state index in [1.165, 1.54) is 114 Å². The zero-order valence-electron chi connectivity index (χ0n) is 21.8. The quantitative estimate of drug-likeness (QED) is 0.167. The first kappa shape index (κ1) is 33.1. The highest BCUT2D eigenvalue weighted by Gasteiger charge is 1.99. The molecule has 0 spiro atoms. The number of carbonyl (C=O) groups is 2. The average Bonchev–Trinajstić information content (AvgIpc) is 2.75. The predicted molar refractivity (Wildman–Crippen MR) is 138 cm³/mol. The Bertz CT molecular complexity index is 400. The summed E-state index contributed by atoms with van der Waals surface area (Å²) < 4.78 is 0. The number of rotatable bonds is 22. The van der Waals surface area contributed by atoms with Crippen molar-refractivity contribution in [3.8, 4) is 0 Å². The highest BCUT2D eigenvalue weighted by Crippen LogP contribution is 2.14. The topological polar surface area (TPSA) is 83.6 Å². The van der Waals surface area contributed by atoms with Crippen molar-refractivity contribution in [2.45, 2.75) is 142 Å². The maximum atomic E-state index is 10.6. The van der Waals surface area contributed by atoms with Gasteiger partial charge in [-0.15, -0.1) is 0 Å². The van der Waals surface area contributed by atoms with Gasteiger partial charge in [0.25, 0.3) is 0 Å². The molecule has 0 unspecified atom stereocenters. The molecule has 3 N–H and O–H groups in total. The highest BCUT2D eigenvalue weighted by atomic mass is 16.4. The molecule has 0 saturated heterocycles. The number of aliphatic carboxylic acids is 1. The van der Waals surface area contributed by atoms with Gasteiger partial charge in [0, 0.05) is 33.5 Å². The van der Waals surface area contributed by atoms with Crippen molar-refractivity contribution in [2.24, 2.45) is 5.73 Å². The molecule has 32 heavy (non-hydrogen) atoms. The number of unbranched alkanes of at least 4 members (excludes halogenated alkanes) is 18. The first-order chi connectivity index (χ1) is 15.5. The number of hydrogen-bond donors (Lipinski definition) is 2. The minimum absolute atomic E-state index is 0.0903. The van der Waals surface area contributed by atoms with E-state index in [2.05, 4.69) is 6.92 Å². The average molecular weight is 457 g/mol. The smallest absolute Gasteiger partial charge is 0.303 e. The number of nitrogens with zero attached hydrogens (tertiary/aromatic N) is 1. The molecular weight excluding hydrogens is 400 g/mol. The van der Waals surface area contributed by atoms with Gasteiger partial charge < -0.3 is 15.7 Å². The summed E-state index contributed by atoms with van der Waals surface area (Å²) in [6.45, 7) is 2.72. The Hall–Kier alpha value is -1.10. The lowest BCUT2D eigenvalue weighted by Crippen LogP contribution is -2.23. The lowest BCUT2D eigenvalue weighted by atomic mass is 10.0. The Morgan fingerprint density at radius 1 is 0.594 bits per heavy atom. The Morgan fingerprint density at radius 2 is 0.906 bits per heavy atom. The van der Waals surface area contributed by atoms with Crippen LogP contribution in [0.1, 0.15) is 142 Å². The van der Waals surface area contributed by atoms with E-state index in [0.717, 1.165) is 12.8 Å². The predicted octanol–water partition coefficient (Wildman–Crippen LogP) is 7.32. The Labute approximate surface area is 199 Å².